The van der Waals surface area contributed by atoms with Crippen LogP contribution >= 0.6 is 11.8 Å². The van der Waals surface area contributed by atoms with Gasteiger partial charge in [-0.2, -0.15) is 11.8 Å². The molecule has 2 N–H and O–H groups in total. The van der Waals surface area contributed by atoms with Gasteiger partial charge in [-0.05, 0) is 19.1 Å². The number of nitrogens with two attached hydrogens (primary N) is 1. The molecule has 2 nitrogen and oxygen atoms in total. The van der Waals surface area contributed by atoms with Crippen molar-refractivity contribution in [3.8, 4) is 0 Å². The van der Waals surface area contributed by atoms with Crippen LogP contribution in [0.15, 0.2) is 16.5 Å². The molecule has 0 aliphatic rings. The van der Waals surface area contributed by atoms with E-state index in [1.807, 2.05) is 19.1 Å². The number of thioether (sulfide) groups is 1. The average molecular weight is 171 g/mol. The Morgan fingerprint density at radius 2 is 2.36 bits per heavy atom. The number of rotatable bonds is 4. The van der Waals surface area contributed by atoms with Crippen LogP contribution in [-0.4, -0.2) is 12.3 Å². The Balaban J connectivity index is 2.27. The summed E-state index contributed by atoms with van der Waals surface area (Å²) in [6.07, 6.45) is 0. The standard InChI is InChI=1S/C8H13NOS/c1-7-2-3-8(10-7)6-11-5-4-9/h2-3H,4-6,9H2,1H3. The summed E-state index contributed by atoms with van der Waals surface area (Å²) in [5, 5.41) is 0. The second kappa shape index (κ2) is 4.46. The molecule has 1 rings (SSSR count). The van der Waals surface area contributed by atoms with Crippen molar-refractivity contribution in [1.82, 2.24) is 0 Å². The molecule has 62 valence electrons. The van der Waals surface area contributed by atoms with Crippen LogP contribution in [0.25, 0.3) is 0 Å². The maximum Gasteiger partial charge on any atom is 0.114 e. The van der Waals surface area contributed by atoms with Crippen molar-refractivity contribution < 1.29 is 4.42 Å². The van der Waals surface area contributed by atoms with Crippen LogP contribution in [0.3, 0.4) is 0 Å². The minimum atomic E-state index is 0.740. The second-order valence-corrected chi connectivity index (χ2v) is 3.46. The first-order chi connectivity index (χ1) is 5.33. The highest BCUT2D eigenvalue weighted by Crippen LogP contribution is 2.13. The highest BCUT2D eigenvalue weighted by atomic mass is 32.2. The van der Waals surface area contributed by atoms with Crippen LogP contribution in [-0.2, 0) is 5.75 Å². The largest absolute Gasteiger partial charge is 0.466 e. The molecular formula is C8H13NOS. The fourth-order valence-electron chi connectivity index (χ4n) is 0.819. The van der Waals surface area contributed by atoms with Crippen LogP contribution in [0.5, 0.6) is 0 Å². The van der Waals surface area contributed by atoms with Crippen molar-refractivity contribution in [2.45, 2.75) is 12.7 Å². The molecular weight excluding hydrogens is 158 g/mol. The first kappa shape index (κ1) is 8.68. The maximum atomic E-state index is 5.37. The molecule has 1 aromatic heterocycles. The number of aryl methyl sites for hydroxylation is 1. The minimum Gasteiger partial charge on any atom is -0.466 e. The molecule has 1 aromatic rings. The molecule has 0 aliphatic heterocycles. The smallest absolute Gasteiger partial charge is 0.114 e. The molecule has 0 atom stereocenters. The molecule has 11 heavy (non-hydrogen) atoms. The normalized spacial score (nSPS) is 10.4. The summed E-state index contributed by atoms with van der Waals surface area (Å²) in [7, 11) is 0. The van der Waals surface area contributed by atoms with Crippen molar-refractivity contribution in [3.63, 3.8) is 0 Å². The zero-order valence-corrected chi connectivity index (χ0v) is 7.49. The van der Waals surface area contributed by atoms with E-state index in [4.69, 9.17) is 10.2 Å². The molecule has 0 saturated carbocycles. The summed E-state index contributed by atoms with van der Waals surface area (Å²) in [4.78, 5) is 0. The first-order valence-electron chi connectivity index (χ1n) is 3.66. The van der Waals surface area contributed by atoms with Gasteiger partial charge >= 0.3 is 0 Å². The maximum absolute atomic E-state index is 5.37. The molecule has 3 heteroatoms. The minimum absolute atomic E-state index is 0.740. The van der Waals surface area contributed by atoms with E-state index in [2.05, 4.69) is 0 Å². The van der Waals surface area contributed by atoms with Gasteiger partial charge in [-0.15, -0.1) is 0 Å². The van der Waals surface area contributed by atoms with Crippen molar-refractivity contribution in [2.75, 3.05) is 12.3 Å². The van der Waals surface area contributed by atoms with E-state index >= 15 is 0 Å². The van der Waals surface area contributed by atoms with E-state index in [9.17, 15) is 0 Å². The molecule has 0 spiro atoms. The van der Waals surface area contributed by atoms with Crippen LogP contribution in [0.4, 0.5) is 0 Å². The van der Waals surface area contributed by atoms with Crippen molar-refractivity contribution >= 4 is 11.8 Å². The SMILES string of the molecule is Cc1ccc(CSCCN)o1. The summed E-state index contributed by atoms with van der Waals surface area (Å²) >= 11 is 1.80. The molecule has 0 aromatic carbocycles. The predicted molar refractivity (Wildman–Crippen MR) is 48.7 cm³/mol. The van der Waals surface area contributed by atoms with Crippen LogP contribution in [0.1, 0.15) is 11.5 Å². The third-order valence-electron chi connectivity index (χ3n) is 1.30. The lowest BCUT2D eigenvalue weighted by Crippen LogP contribution is -2.01. The average Bonchev–Trinajstić information content (AvgIpc) is 2.37. The third-order valence-corrected chi connectivity index (χ3v) is 2.32. The fraction of sp³-hybridized carbons (Fsp3) is 0.500. The quantitative estimate of drug-likeness (QED) is 0.702. The van der Waals surface area contributed by atoms with Crippen molar-refractivity contribution in [1.29, 1.82) is 0 Å². The van der Waals surface area contributed by atoms with Gasteiger partial charge in [0.15, 0.2) is 0 Å². The zero-order chi connectivity index (χ0) is 8.10. The Hall–Kier alpha value is -0.410. The van der Waals surface area contributed by atoms with Gasteiger partial charge in [-0.3, -0.25) is 0 Å². The summed E-state index contributed by atoms with van der Waals surface area (Å²) in [6.45, 7) is 2.70. The topological polar surface area (TPSA) is 39.2 Å². The summed E-state index contributed by atoms with van der Waals surface area (Å²) in [5.74, 6) is 3.96. The molecule has 0 amide bonds. The van der Waals surface area contributed by atoms with E-state index in [1.165, 1.54) is 0 Å². The molecule has 0 unspecified atom stereocenters. The summed E-state index contributed by atoms with van der Waals surface area (Å²) in [5.41, 5.74) is 5.35. The van der Waals surface area contributed by atoms with Crippen molar-refractivity contribution in [2.24, 2.45) is 5.73 Å². The first-order valence-corrected chi connectivity index (χ1v) is 4.81. The Labute approximate surface area is 71.1 Å². The van der Waals surface area contributed by atoms with E-state index in [1.54, 1.807) is 11.8 Å². The van der Waals surface area contributed by atoms with Crippen LogP contribution < -0.4 is 5.73 Å². The highest BCUT2D eigenvalue weighted by Gasteiger charge is 1.96. The Bertz CT molecular complexity index is 210. The van der Waals surface area contributed by atoms with Gasteiger partial charge in [0.1, 0.15) is 11.5 Å². The number of hydrogen-bond donors (Lipinski definition) is 1. The van der Waals surface area contributed by atoms with Crippen LogP contribution in [0.2, 0.25) is 0 Å². The monoisotopic (exact) mass is 171 g/mol. The van der Waals surface area contributed by atoms with Gasteiger partial charge in [0.25, 0.3) is 0 Å². The van der Waals surface area contributed by atoms with Gasteiger partial charge in [-0.25, -0.2) is 0 Å². The molecule has 0 radical (unpaired) electrons. The van der Waals surface area contributed by atoms with Gasteiger partial charge < -0.3 is 10.2 Å². The summed E-state index contributed by atoms with van der Waals surface area (Å²) < 4.78 is 5.37. The second-order valence-electron chi connectivity index (χ2n) is 2.35. The van der Waals surface area contributed by atoms with Crippen LogP contribution in [0, 0.1) is 6.92 Å². The van der Waals surface area contributed by atoms with E-state index < -0.39 is 0 Å². The molecule has 0 aliphatic carbocycles. The Morgan fingerprint density at radius 3 is 2.91 bits per heavy atom. The molecule has 1 heterocycles. The van der Waals surface area contributed by atoms with E-state index in [0.29, 0.717) is 0 Å². The molecule has 0 saturated heterocycles. The number of hydrogen-bond acceptors (Lipinski definition) is 3. The van der Waals surface area contributed by atoms with Gasteiger partial charge in [0, 0.05) is 12.3 Å². The Morgan fingerprint density at radius 1 is 1.55 bits per heavy atom. The lowest BCUT2D eigenvalue weighted by Gasteiger charge is -1.94. The van der Waals surface area contributed by atoms with Gasteiger partial charge in [-0.1, -0.05) is 0 Å². The fourth-order valence-corrected chi connectivity index (χ4v) is 1.49. The molecule has 0 bridgehead atoms. The lowest BCUT2D eigenvalue weighted by molar-refractivity contribution is 0.501. The predicted octanol–water partition coefficient (Wildman–Crippen LogP) is 1.78. The Kier molecular flexibility index (Phi) is 3.52. The highest BCUT2D eigenvalue weighted by molar-refractivity contribution is 7.98. The molecule has 0 fully saturated rings. The third kappa shape index (κ3) is 2.99. The lowest BCUT2D eigenvalue weighted by atomic mass is 10.5. The summed E-state index contributed by atoms with van der Waals surface area (Å²) in [6, 6.07) is 4.00. The van der Waals surface area contributed by atoms with Gasteiger partial charge in [0.2, 0.25) is 0 Å². The zero-order valence-electron chi connectivity index (χ0n) is 6.67. The van der Waals surface area contributed by atoms with Gasteiger partial charge in [0.05, 0.1) is 5.75 Å². The van der Waals surface area contributed by atoms with E-state index in [-0.39, 0.29) is 0 Å². The van der Waals surface area contributed by atoms with E-state index in [0.717, 1.165) is 29.6 Å². The van der Waals surface area contributed by atoms with Crippen molar-refractivity contribution in [3.05, 3.63) is 23.7 Å². The number of furan rings is 1.